The predicted molar refractivity (Wildman–Crippen MR) is 64.2 cm³/mol. The van der Waals surface area contributed by atoms with Crippen molar-refractivity contribution < 1.29 is 0 Å². The average Bonchev–Trinajstić information content (AvgIpc) is 2.58. The lowest BCUT2D eigenvalue weighted by molar-refractivity contribution is 0.730. The number of hydrogen-bond donors (Lipinski definition) is 0. The van der Waals surface area contributed by atoms with Crippen molar-refractivity contribution in [2.24, 2.45) is 5.92 Å². The first-order valence-electron chi connectivity index (χ1n) is 4.85. The third-order valence-corrected chi connectivity index (χ3v) is 3.87. The van der Waals surface area contributed by atoms with Crippen LogP contribution in [-0.2, 0) is 6.54 Å². The SMILES string of the molecule is Cc1nccn1CCSCC(C)CCl. The van der Waals surface area contributed by atoms with Gasteiger partial charge in [-0.15, -0.1) is 11.6 Å². The number of hydrogen-bond acceptors (Lipinski definition) is 2. The third-order valence-electron chi connectivity index (χ3n) is 2.07. The van der Waals surface area contributed by atoms with E-state index in [1.165, 1.54) is 0 Å². The van der Waals surface area contributed by atoms with Gasteiger partial charge in [-0.25, -0.2) is 4.98 Å². The van der Waals surface area contributed by atoms with Gasteiger partial charge in [0.1, 0.15) is 5.82 Å². The minimum absolute atomic E-state index is 0.616. The highest BCUT2D eigenvalue weighted by molar-refractivity contribution is 7.99. The molecule has 0 spiro atoms. The molecule has 4 heteroatoms. The van der Waals surface area contributed by atoms with Crippen molar-refractivity contribution in [3.8, 4) is 0 Å². The highest BCUT2D eigenvalue weighted by atomic mass is 35.5. The molecule has 1 atom stereocenters. The molecule has 1 heterocycles. The van der Waals surface area contributed by atoms with Crippen molar-refractivity contribution in [2.75, 3.05) is 17.4 Å². The Morgan fingerprint density at radius 1 is 1.64 bits per heavy atom. The molecular weight excluding hydrogens is 216 g/mol. The van der Waals surface area contributed by atoms with Gasteiger partial charge in [-0.1, -0.05) is 6.92 Å². The molecule has 0 fully saturated rings. The second-order valence-corrected chi connectivity index (χ2v) is 4.96. The Hall–Kier alpha value is -0.150. The summed E-state index contributed by atoms with van der Waals surface area (Å²) in [5.74, 6) is 4.76. The Balaban J connectivity index is 2.13. The van der Waals surface area contributed by atoms with Crippen molar-refractivity contribution in [3.05, 3.63) is 18.2 Å². The molecule has 0 amide bonds. The first-order valence-corrected chi connectivity index (χ1v) is 6.54. The van der Waals surface area contributed by atoms with Crippen molar-refractivity contribution in [3.63, 3.8) is 0 Å². The Kier molecular flexibility index (Phi) is 5.41. The summed E-state index contributed by atoms with van der Waals surface area (Å²) in [5.41, 5.74) is 0. The molecule has 1 rings (SSSR count). The number of nitrogens with zero attached hydrogens (tertiary/aromatic N) is 2. The van der Waals surface area contributed by atoms with E-state index in [2.05, 4.69) is 16.5 Å². The average molecular weight is 233 g/mol. The number of imidazole rings is 1. The Labute approximate surface area is 95.1 Å². The lowest BCUT2D eigenvalue weighted by Gasteiger charge is -2.07. The summed E-state index contributed by atoms with van der Waals surface area (Å²) in [7, 11) is 0. The quantitative estimate of drug-likeness (QED) is 0.555. The van der Waals surface area contributed by atoms with Crippen LogP contribution in [0.15, 0.2) is 12.4 Å². The van der Waals surface area contributed by atoms with E-state index in [0.717, 1.165) is 29.8 Å². The molecule has 1 unspecified atom stereocenters. The highest BCUT2D eigenvalue weighted by Gasteiger charge is 2.00. The molecule has 80 valence electrons. The van der Waals surface area contributed by atoms with E-state index in [1.54, 1.807) is 0 Å². The van der Waals surface area contributed by atoms with Gasteiger partial charge in [-0.3, -0.25) is 0 Å². The summed E-state index contributed by atoms with van der Waals surface area (Å²) in [4.78, 5) is 4.18. The van der Waals surface area contributed by atoms with Gasteiger partial charge in [0.05, 0.1) is 0 Å². The van der Waals surface area contributed by atoms with Gasteiger partial charge in [0.2, 0.25) is 0 Å². The number of alkyl halides is 1. The summed E-state index contributed by atoms with van der Waals surface area (Å²) in [6.45, 7) is 5.26. The van der Waals surface area contributed by atoms with Gasteiger partial charge in [0.15, 0.2) is 0 Å². The number of thioether (sulfide) groups is 1. The van der Waals surface area contributed by atoms with Crippen molar-refractivity contribution in [1.29, 1.82) is 0 Å². The van der Waals surface area contributed by atoms with E-state index in [-0.39, 0.29) is 0 Å². The summed E-state index contributed by atoms with van der Waals surface area (Å²) in [6.07, 6.45) is 3.88. The maximum absolute atomic E-state index is 5.73. The molecule has 1 aromatic heterocycles. The second kappa shape index (κ2) is 6.36. The lowest BCUT2D eigenvalue weighted by atomic mass is 10.3. The molecule has 0 aliphatic heterocycles. The minimum Gasteiger partial charge on any atom is -0.334 e. The van der Waals surface area contributed by atoms with Crippen LogP contribution in [-0.4, -0.2) is 26.9 Å². The zero-order valence-corrected chi connectivity index (χ0v) is 10.3. The predicted octanol–water partition coefficient (Wildman–Crippen LogP) is 2.80. The molecule has 1 aromatic rings. The topological polar surface area (TPSA) is 17.8 Å². The van der Waals surface area contributed by atoms with Gasteiger partial charge in [0.25, 0.3) is 0 Å². The first kappa shape index (κ1) is 11.9. The molecule has 0 radical (unpaired) electrons. The Morgan fingerprint density at radius 3 is 3.00 bits per heavy atom. The van der Waals surface area contributed by atoms with E-state index < -0.39 is 0 Å². The van der Waals surface area contributed by atoms with Crippen LogP contribution in [0.2, 0.25) is 0 Å². The third kappa shape index (κ3) is 3.93. The van der Waals surface area contributed by atoms with E-state index in [4.69, 9.17) is 11.6 Å². The second-order valence-electron chi connectivity index (χ2n) is 3.50. The number of rotatable bonds is 6. The number of aryl methyl sites for hydroxylation is 2. The highest BCUT2D eigenvalue weighted by Crippen LogP contribution is 2.10. The summed E-state index contributed by atoms with van der Waals surface area (Å²) >= 11 is 7.69. The Morgan fingerprint density at radius 2 is 2.43 bits per heavy atom. The van der Waals surface area contributed by atoms with Crippen LogP contribution in [0.3, 0.4) is 0 Å². The van der Waals surface area contributed by atoms with Crippen LogP contribution in [0.25, 0.3) is 0 Å². The Bertz CT molecular complexity index is 262. The smallest absolute Gasteiger partial charge is 0.105 e. The van der Waals surface area contributed by atoms with E-state index >= 15 is 0 Å². The van der Waals surface area contributed by atoms with Crippen LogP contribution in [0.1, 0.15) is 12.7 Å². The minimum atomic E-state index is 0.616. The molecular formula is C10H17ClN2S. The number of aromatic nitrogens is 2. The van der Waals surface area contributed by atoms with Gasteiger partial charge >= 0.3 is 0 Å². The molecule has 0 bridgehead atoms. The molecule has 14 heavy (non-hydrogen) atoms. The zero-order chi connectivity index (χ0) is 10.4. The monoisotopic (exact) mass is 232 g/mol. The van der Waals surface area contributed by atoms with E-state index in [9.17, 15) is 0 Å². The van der Waals surface area contributed by atoms with Crippen LogP contribution in [0, 0.1) is 12.8 Å². The van der Waals surface area contributed by atoms with Crippen molar-refractivity contribution >= 4 is 23.4 Å². The van der Waals surface area contributed by atoms with Crippen LogP contribution < -0.4 is 0 Å². The van der Waals surface area contributed by atoms with Crippen LogP contribution in [0.4, 0.5) is 0 Å². The zero-order valence-electron chi connectivity index (χ0n) is 8.74. The summed E-state index contributed by atoms with van der Waals surface area (Å²) < 4.78 is 2.18. The molecule has 0 aliphatic carbocycles. The van der Waals surface area contributed by atoms with Gasteiger partial charge in [-0.2, -0.15) is 11.8 Å². The normalized spacial score (nSPS) is 13.1. The van der Waals surface area contributed by atoms with Gasteiger partial charge in [0, 0.05) is 30.6 Å². The maximum atomic E-state index is 5.73. The van der Waals surface area contributed by atoms with Crippen molar-refractivity contribution in [1.82, 2.24) is 9.55 Å². The fourth-order valence-corrected chi connectivity index (χ4v) is 2.38. The molecule has 2 nitrogen and oxygen atoms in total. The first-order chi connectivity index (χ1) is 6.74. The number of halogens is 1. The van der Waals surface area contributed by atoms with Crippen molar-refractivity contribution in [2.45, 2.75) is 20.4 Å². The fourth-order valence-electron chi connectivity index (χ4n) is 1.13. The van der Waals surface area contributed by atoms with Crippen LogP contribution in [0.5, 0.6) is 0 Å². The van der Waals surface area contributed by atoms with Gasteiger partial charge < -0.3 is 4.57 Å². The summed E-state index contributed by atoms with van der Waals surface area (Å²) in [6, 6.07) is 0. The molecule has 0 aliphatic rings. The molecule has 0 saturated carbocycles. The van der Waals surface area contributed by atoms with E-state index in [1.807, 2.05) is 31.1 Å². The van der Waals surface area contributed by atoms with E-state index in [0.29, 0.717) is 5.92 Å². The largest absolute Gasteiger partial charge is 0.334 e. The maximum Gasteiger partial charge on any atom is 0.105 e. The standard InChI is InChI=1S/C10H17ClN2S/c1-9(7-11)8-14-6-5-13-4-3-12-10(13)2/h3-4,9H,5-8H2,1-2H3. The lowest BCUT2D eigenvalue weighted by Crippen LogP contribution is -2.05. The summed E-state index contributed by atoms with van der Waals surface area (Å²) in [5, 5.41) is 0. The van der Waals surface area contributed by atoms with Gasteiger partial charge in [-0.05, 0) is 18.6 Å². The molecule has 0 saturated heterocycles. The van der Waals surface area contributed by atoms with Crippen LogP contribution >= 0.6 is 23.4 Å². The molecule has 0 N–H and O–H groups in total. The molecule has 0 aromatic carbocycles. The fraction of sp³-hybridized carbons (Fsp3) is 0.700.